The first kappa shape index (κ1) is 26.5. The molecule has 0 radical (unpaired) electrons. The van der Waals surface area contributed by atoms with Crippen molar-refractivity contribution in [3.8, 4) is 17.5 Å². The van der Waals surface area contributed by atoms with Crippen LogP contribution in [0.5, 0.6) is 0 Å². The van der Waals surface area contributed by atoms with Crippen LogP contribution < -0.4 is 15.5 Å². The van der Waals surface area contributed by atoms with Crippen LogP contribution in [0.2, 0.25) is 0 Å². The number of anilines is 3. The molecule has 0 bridgehead atoms. The third-order valence-electron chi connectivity index (χ3n) is 7.36. The van der Waals surface area contributed by atoms with Gasteiger partial charge < -0.3 is 20.3 Å². The van der Waals surface area contributed by atoms with E-state index in [0.717, 1.165) is 45.1 Å². The van der Waals surface area contributed by atoms with Gasteiger partial charge in [0, 0.05) is 56.2 Å². The Balaban J connectivity index is 1.10. The van der Waals surface area contributed by atoms with Gasteiger partial charge in [0.15, 0.2) is 5.82 Å². The van der Waals surface area contributed by atoms with Crippen molar-refractivity contribution < 1.29 is 17.3 Å². The Kier molecular flexibility index (Phi) is 7.59. The molecule has 0 saturated carbocycles. The minimum Gasteiger partial charge on any atom is -0.378 e. The normalized spacial score (nSPS) is 18.5. The molecular formula is C27H30N8O4S. The summed E-state index contributed by atoms with van der Waals surface area (Å²) in [7, 11) is -3.81. The van der Waals surface area contributed by atoms with Crippen LogP contribution in [0.3, 0.4) is 0 Å². The van der Waals surface area contributed by atoms with Gasteiger partial charge in [0.05, 0.1) is 30.9 Å². The number of rotatable bonds is 9. The number of benzene rings is 2. The van der Waals surface area contributed by atoms with E-state index < -0.39 is 10.1 Å². The maximum Gasteiger partial charge on any atom is 0.271 e. The van der Waals surface area contributed by atoms with Gasteiger partial charge in [-0.15, -0.1) is 0 Å². The Morgan fingerprint density at radius 3 is 2.50 bits per heavy atom. The molecule has 208 valence electrons. The Bertz CT molecular complexity index is 1500. The first-order valence-corrected chi connectivity index (χ1v) is 14.8. The standard InChI is InChI=1S/C27H30N8O4S/c28-12-21-11-19(1-2-20(21)17-40(36,37)39-25-13-29-14-25)26-30-18-31-27(33-26)32-22-3-5-23(6-4-22)34-7-9-35(10-8-34)24-15-38-16-24/h1-6,11,18,24-25,29H,7-10,13-17H2,(H,30,31,32,33). The fraction of sp³-hybridized carbons (Fsp3) is 0.407. The third kappa shape index (κ3) is 6.06. The van der Waals surface area contributed by atoms with Crippen molar-refractivity contribution in [1.82, 2.24) is 25.2 Å². The van der Waals surface area contributed by atoms with Crippen molar-refractivity contribution in [3.05, 3.63) is 59.9 Å². The number of ether oxygens (including phenoxy) is 1. The van der Waals surface area contributed by atoms with Gasteiger partial charge in [-0.05, 0) is 35.9 Å². The molecule has 0 spiro atoms. The van der Waals surface area contributed by atoms with E-state index in [9.17, 15) is 13.7 Å². The summed E-state index contributed by atoms with van der Waals surface area (Å²) >= 11 is 0. The van der Waals surface area contributed by atoms with E-state index in [2.05, 4.69) is 53.6 Å². The molecule has 0 amide bonds. The highest BCUT2D eigenvalue weighted by Crippen LogP contribution is 2.25. The van der Waals surface area contributed by atoms with E-state index >= 15 is 0 Å². The zero-order valence-electron chi connectivity index (χ0n) is 21.9. The fourth-order valence-electron chi connectivity index (χ4n) is 4.87. The number of aromatic nitrogens is 3. The predicted octanol–water partition coefficient (Wildman–Crippen LogP) is 1.49. The Hall–Kier alpha value is -3.67. The smallest absolute Gasteiger partial charge is 0.271 e. The number of nitrogens with zero attached hydrogens (tertiary/aromatic N) is 6. The van der Waals surface area contributed by atoms with E-state index in [1.165, 1.54) is 12.0 Å². The first-order chi connectivity index (χ1) is 19.5. The van der Waals surface area contributed by atoms with Gasteiger partial charge in [0.1, 0.15) is 18.2 Å². The second kappa shape index (κ2) is 11.4. The van der Waals surface area contributed by atoms with Crippen molar-refractivity contribution in [1.29, 1.82) is 5.26 Å². The lowest BCUT2D eigenvalue weighted by Crippen LogP contribution is -2.56. The number of nitriles is 1. The van der Waals surface area contributed by atoms with Crippen LogP contribution in [0.1, 0.15) is 11.1 Å². The number of piperazine rings is 1. The maximum atomic E-state index is 12.4. The minimum absolute atomic E-state index is 0.226. The van der Waals surface area contributed by atoms with E-state index in [1.54, 1.807) is 18.2 Å². The summed E-state index contributed by atoms with van der Waals surface area (Å²) in [5, 5.41) is 15.9. The molecular weight excluding hydrogens is 532 g/mol. The largest absolute Gasteiger partial charge is 0.378 e. The monoisotopic (exact) mass is 562 g/mol. The fourth-order valence-corrected chi connectivity index (χ4v) is 6.12. The summed E-state index contributed by atoms with van der Waals surface area (Å²) in [6, 6.07) is 15.7. The van der Waals surface area contributed by atoms with Crippen molar-refractivity contribution in [2.75, 3.05) is 62.7 Å². The molecule has 3 fully saturated rings. The van der Waals surface area contributed by atoms with Gasteiger partial charge in [-0.3, -0.25) is 9.08 Å². The van der Waals surface area contributed by atoms with Gasteiger partial charge in [0.25, 0.3) is 10.1 Å². The third-order valence-corrected chi connectivity index (χ3v) is 8.59. The van der Waals surface area contributed by atoms with Gasteiger partial charge in [-0.2, -0.15) is 18.7 Å². The molecule has 0 atom stereocenters. The summed E-state index contributed by atoms with van der Waals surface area (Å²) in [4.78, 5) is 17.9. The lowest BCUT2D eigenvalue weighted by Gasteiger charge is -2.43. The Morgan fingerprint density at radius 1 is 1.07 bits per heavy atom. The minimum atomic E-state index is -3.81. The summed E-state index contributed by atoms with van der Waals surface area (Å²) in [6.45, 7) is 6.75. The first-order valence-electron chi connectivity index (χ1n) is 13.2. The average molecular weight is 563 g/mol. The summed E-state index contributed by atoms with van der Waals surface area (Å²) < 4.78 is 35.3. The lowest BCUT2D eigenvalue weighted by atomic mass is 10.1. The van der Waals surface area contributed by atoms with Gasteiger partial charge >= 0.3 is 0 Å². The van der Waals surface area contributed by atoms with Gasteiger partial charge in [-0.1, -0.05) is 12.1 Å². The second-order valence-corrected chi connectivity index (χ2v) is 11.7. The highest BCUT2D eigenvalue weighted by atomic mass is 32.2. The number of nitrogens with one attached hydrogen (secondary N) is 2. The van der Waals surface area contributed by atoms with Crippen LogP contribution in [-0.4, -0.2) is 92.9 Å². The predicted molar refractivity (Wildman–Crippen MR) is 148 cm³/mol. The lowest BCUT2D eigenvalue weighted by molar-refractivity contribution is -0.0660. The van der Waals surface area contributed by atoms with E-state index in [0.29, 0.717) is 42.0 Å². The number of hydrogen-bond acceptors (Lipinski definition) is 12. The van der Waals surface area contributed by atoms with Crippen LogP contribution in [0.25, 0.3) is 11.4 Å². The van der Waals surface area contributed by atoms with E-state index in [-0.39, 0.29) is 17.4 Å². The molecule has 12 nitrogen and oxygen atoms in total. The maximum absolute atomic E-state index is 12.4. The van der Waals surface area contributed by atoms with Crippen LogP contribution in [0, 0.1) is 11.3 Å². The van der Waals surface area contributed by atoms with Crippen molar-refractivity contribution in [2.45, 2.75) is 17.9 Å². The molecule has 3 aromatic rings. The van der Waals surface area contributed by atoms with Crippen molar-refractivity contribution in [3.63, 3.8) is 0 Å². The van der Waals surface area contributed by atoms with Crippen molar-refractivity contribution >= 4 is 27.4 Å². The highest BCUT2D eigenvalue weighted by molar-refractivity contribution is 7.85. The molecule has 3 saturated heterocycles. The zero-order chi connectivity index (χ0) is 27.5. The molecule has 1 aromatic heterocycles. The molecule has 4 heterocycles. The van der Waals surface area contributed by atoms with Crippen LogP contribution in [0.4, 0.5) is 17.3 Å². The number of hydrogen-bond donors (Lipinski definition) is 2. The highest BCUT2D eigenvalue weighted by Gasteiger charge is 2.29. The molecule has 3 aliphatic rings. The quantitative estimate of drug-likeness (QED) is 0.364. The molecule has 0 unspecified atom stereocenters. The Labute approximate surface area is 233 Å². The molecule has 13 heteroatoms. The van der Waals surface area contributed by atoms with Crippen LogP contribution in [0.15, 0.2) is 48.8 Å². The zero-order valence-corrected chi connectivity index (χ0v) is 22.7. The van der Waals surface area contributed by atoms with E-state index in [4.69, 9.17) is 8.92 Å². The molecule has 3 aliphatic heterocycles. The van der Waals surface area contributed by atoms with Gasteiger partial charge in [-0.25, -0.2) is 9.97 Å². The molecule has 6 rings (SSSR count). The van der Waals surface area contributed by atoms with Crippen LogP contribution in [-0.2, 0) is 24.8 Å². The summed E-state index contributed by atoms with van der Waals surface area (Å²) in [6.07, 6.45) is 1.04. The van der Waals surface area contributed by atoms with E-state index in [1.807, 2.05) is 12.1 Å². The summed E-state index contributed by atoms with van der Waals surface area (Å²) in [5.74, 6) is 0.353. The SMILES string of the molecule is N#Cc1cc(-c2ncnc(Nc3ccc(N4CCN(C5COC5)CC4)cc3)n2)ccc1CS(=O)(=O)OC1CNC1. The average Bonchev–Trinajstić information content (AvgIpc) is 2.91. The van der Waals surface area contributed by atoms with Gasteiger partial charge in [0.2, 0.25) is 5.95 Å². The van der Waals surface area contributed by atoms with Crippen molar-refractivity contribution in [2.24, 2.45) is 0 Å². The molecule has 40 heavy (non-hydrogen) atoms. The molecule has 2 aromatic carbocycles. The second-order valence-electron chi connectivity index (χ2n) is 10.1. The topological polar surface area (TPSA) is 146 Å². The molecule has 0 aliphatic carbocycles. The van der Waals surface area contributed by atoms with Crippen LogP contribution >= 0.6 is 0 Å². The Morgan fingerprint density at radius 2 is 1.85 bits per heavy atom. The molecule has 2 N–H and O–H groups in total. The summed E-state index contributed by atoms with van der Waals surface area (Å²) in [5.41, 5.74) is 3.18.